The molecule has 5 nitrogen and oxygen atoms in total. The number of fused-ring (bicyclic) bond motifs is 1. The summed E-state index contributed by atoms with van der Waals surface area (Å²) >= 11 is 3.75. The molecule has 156 valence electrons. The van der Waals surface area contributed by atoms with Crippen LogP contribution in [0, 0.1) is 0 Å². The van der Waals surface area contributed by atoms with Crippen LogP contribution < -0.4 is 4.74 Å². The minimum Gasteiger partial charge on any atom is -0.480 e. The van der Waals surface area contributed by atoms with Crippen molar-refractivity contribution in [2.75, 3.05) is 20.8 Å². The van der Waals surface area contributed by atoms with E-state index < -0.39 is 0 Å². The van der Waals surface area contributed by atoms with Gasteiger partial charge in [0.05, 0.1) is 42.0 Å². The van der Waals surface area contributed by atoms with Crippen LogP contribution >= 0.6 is 15.9 Å². The van der Waals surface area contributed by atoms with E-state index in [4.69, 9.17) is 19.4 Å². The van der Waals surface area contributed by atoms with E-state index in [1.165, 1.54) is 5.56 Å². The number of aryl methyl sites for hydroxylation is 1. The van der Waals surface area contributed by atoms with Crippen molar-refractivity contribution in [2.45, 2.75) is 52.5 Å². The molecule has 0 unspecified atom stereocenters. The maximum atomic E-state index is 5.61. The van der Waals surface area contributed by atoms with E-state index in [2.05, 4.69) is 72.6 Å². The topological polar surface area (TPSA) is 49.2 Å². The van der Waals surface area contributed by atoms with Crippen molar-refractivity contribution in [2.24, 2.45) is 0 Å². The van der Waals surface area contributed by atoms with Crippen LogP contribution in [0.5, 0.6) is 5.88 Å². The van der Waals surface area contributed by atoms with Gasteiger partial charge in [0.15, 0.2) is 0 Å². The molecule has 3 aromatic heterocycles. The highest BCUT2D eigenvalue weighted by molar-refractivity contribution is 9.10. The number of hydrogen-bond donors (Lipinski definition) is 0. The van der Waals surface area contributed by atoms with E-state index in [9.17, 15) is 0 Å². The molecule has 1 atom stereocenters. The summed E-state index contributed by atoms with van der Waals surface area (Å²) in [4.78, 5) is 9.76. The average Bonchev–Trinajstić information content (AvgIpc) is 3.08. The average molecular weight is 460 g/mol. The molecule has 0 bridgehead atoms. The number of halogens is 1. The molecule has 3 rings (SSSR count). The number of pyridine rings is 2. The Labute approximate surface area is 181 Å². The molecule has 0 aliphatic rings. The van der Waals surface area contributed by atoms with Crippen LogP contribution in [0.25, 0.3) is 22.3 Å². The zero-order chi connectivity index (χ0) is 21.1. The Morgan fingerprint density at radius 1 is 1.14 bits per heavy atom. The van der Waals surface area contributed by atoms with Crippen LogP contribution in [0.1, 0.15) is 57.3 Å². The third-order valence-corrected chi connectivity index (χ3v) is 5.96. The lowest BCUT2D eigenvalue weighted by molar-refractivity contribution is 0.155. The van der Waals surface area contributed by atoms with Crippen molar-refractivity contribution in [1.82, 2.24) is 14.5 Å². The lowest BCUT2D eigenvalue weighted by Crippen LogP contribution is -2.12. The highest BCUT2D eigenvalue weighted by Crippen LogP contribution is 2.37. The molecule has 0 radical (unpaired) electrons. The summed E-state index contributed by atoms with van der Waals surface area (Å²) < 4.78 is 14.3. The van der Waals surface area contributed by atoms with E-state index in [0.29, 0.717) is 18.4 Å². The molecule has 0 fully saturated rings. The minimum atomic E-state index is 0.281. The predicted octanol–water partition coefficient (Wildman–Crippen LogP) is 6.15. The molecule has 0 aromatic carbocycles. The van der Waals surface area contributed by atoms with Gasteiger partial charge in [0.2, 0.25) is 5.88 Å². The van der Waals surface area contributed by atoms with Gasteiger partial charge in [-0.1, -0.05) is 27.7 Å². The van der Waals surface area contributed by atoms with Crippen molar-refractivity contribution in [3.05, 3.63) is 40.1 Å². The van der Waals surface area contributed by atoms with Crippen LogP contribution in [0.4, 0.5) is 0 Å². The minimum absolute atomic E-state index is 0.281. The number of hydrogen-bond acceptors (Lipinski definition) is 4. The Morgan fingerprint density at radius 3 is 2.48 bits per heavy atom. The van der Waals surface area contributed by atoms with E-state index in [1.54, 1.807) is 14.2 Å². The van der Waals surface area contributed by atoms with Gasteiger partial charge in [0.1, 0.15) is 0 Å². The van der Waals surface area contributed by atoms with E-state index >= 15 is 0 Å². The molecule has 0 aliphatic heterocycles. The second-order valence-electron chi connectivity index (χ2n) is 7.57. The fourth-order valence-corrected chi connectivity index (χ4v) is 4.18. The van der Waals surface area contributed by atoms with Crippen LogP contribution in [-0.4, -0.2) is 35.4 Å². The van der Waals surface area contributed by atoms with E-state index in [0.717, 1.165) is 45.3 Å². The zero-order valence-corrected chi connectivity index (χ0v) is 19.7. The molecule has 0 saturated carbocycles. The predicted molar refractivity (Wildman–Crippen MR) is 122 cm³/mol. The summed E-state index contributed by atoms with van der Waals surface area (Å²) in [5.41, 5.74) is 6.12. The van der Waals surface area contributed by atoms with Gasteiger partial charge in [-0.2, -0.15) is 0 Å². The van der Waals surface area contributed by atoms with Gasteiger partial charge in [0.25, 0.3) is 0 Å². The molecule has 0 aliphatic carbocycles. The quantitative estimate of drug-likeness (QED) is 0.405. The van der Waals surface area contributed by atoms with Crippen LogP contribution in [-0.2, 0) is 11.2 Å². The Hall–Kier alpha value is -1.92. The molecule has 3 heterocycles. The van der Waals surface area contributed by atoms with Gasteiger partial charge in [0, 0.05) is 23.5 Å². The summed E-state index contributed by atoms with van der Waals surface area (Å²) in [7, 11) is 3.41. The van der Waals surface area contributed by atoms with Crippen molar-refractivity contribution in [3.63, 3.8) is 0 Å². The molecule has 0 amide bonds. The van der Waals surface area contributed by atoms with Gasteiger partial charge < -0.3 is 14.0 Å². The molecule has 3 aromatic rings. The monoisotopic (exact) mass is 459 g/mol. The van der Waals surface area contributed by atoms with Crippen molar-refractivity contribution in [3.8, 4) is 17.1 Å². The molecule has 6 heteroatoms. The number of nitrogens with zero attached hydrogens (tertiary/aromatic N) is 3. The zero-order valence-electron chi connectivity index (χ0n) is 18.1. The normalized spacial score (nSPS) is 12.7. The lowest BCUT2D eigenvalue weighted by Gasteiger charge is -2.18. The number of rotatable bonds is 8. The first kappa shape index (κ1) is 21.8. The summed E-state index contributed by atoms with van der Waals surface area (Å²) in [6, 6.07) is 6.55. The highest BCUT2D eigenvalue weighted by Gasteiger charge is 2.20. The van der Waals surface area contributed by atoms with E-state index in [1.807, 2.05) is 0 Å². The highest BCUT2D eigenvalue weighted by atomic mass is 79.9. The Morgan fingerprint density at radius 2 is 1.90 bits per heavy atom. The van der Waals surface area contributed by atoms with Gasteiger partial charge in [-0.05, 0) is 58.5 Å². The van der Waals surface area contributed by atoms with Crippen molar-refractivity contribution >= 4 is 27.0 Å². The summed E-state index contributed by atoms with van der Waals surface area (Å²) in [6.45, 7) is 9.28. The first-order valence-electron chi connectivity index (χ1n) is 10.2. The Balaban J connectivity index is 2.20. The number of aromatic nitrogens is 3. The molecular weight excluding hydrogens is 430 g/mol. The summed E-state index contributed by atoms with van der Waals surface area (Å²) in [5, 5.41) is 0. The molecule has 29 heavy (non-hydrogen) atoms. The second-order valence-corrected chi connectivity index (χ2v) is 8.42. The SMILES string of the molecule is CCc1cn([C@@H](CC)COC)c2cc(Br)c(-c3ccc(C(C)C)nc3OC)nc12. The maximum absolute atomic E-state index is 5.61. The maximum Gasteiger partial charge on any atom is 0.222 e. The van der Waals surface area contributed by atoms with Gasteiger partial charge in [-0.3, -0.25) is 0 Å². The largest absolute Gasteiger partial charge is 0.480 e. The molecular formula is C23H30BrN3O2. The lowest BCUT2D eigenvalue weighted by atomic mass is 10.1. The Bertz CT molecular complexity index is 997. The second kappa shape index (κ2) is 9.26. The number of ether oxygens (including phenoxy) is 2. The van der Waals surface area contributed by atoms with Gasteiger partial charge >= 0.3 is 0 Å². The summed E-state index contributed by atoms with van der Waals surface area (Å²) in [6.07, 6.45) is 4.13. The molecule has 0 saturated heterocycles. The van der Waals surface area contributed by atoms with Crippen LogP contribution in [0.3, 0.4) is 0 Å². The van der Waals surface area contributed by atoms with Crippen molar-refractivity contribution in [1.29, 1.82) is 0 Å². The third kappa shape index (κ3) is 4.19. The fraction of sp³-hybridized carbons (Fsp3) is 0.478. The molecule has 0 spiro atoms. The van der Waals surface area contributed by atoms with Crippen LogP contribution in [0.15, 0.2) is 28.9 Å². The number of methoxy groups -OCH3 is 2. The first-order chi connectivity index (χ1) is 13.9. The molecule has 0 N–H and O–H groups in total. The van der Waals surface area contributed by atoms with Gasteiger partial charge in [-0.15, -0.1) is 0 Å². The van der Waals surface area contributed by atoms with Crippen molar-refractivity contribution < 1.29 is 9.47 Å². The fourth-order valence-electron chi connectivity index (χ4n) is 3.66. The van der Waals surface area contributed by atoms with E-state index in [-0.39, 0.29) is 6.04 Å². The smallest absolute Gasteiger partial charge is 0.222 e. The first-order valence-corrected chi connectivity index (χ1v) is 11.0. The third-order valence-electron chi connectivity index (χ3n) is 5.36. The summed E-state index contributed by atoms with van der Waals surface area (Å²) in [5.74, 6) is 0.941. The Kier molecular flexibility index (Phi) is 6.96. The van der Waals surface area contributed by atoms with Crippen LogP contribution in [0.2, 0.25) is 0 Å². The standard InChI is InChI=1S/C23H30BrN3O2/c1-7-15-12-27(16(8-2)13-28-5)20-11-18(24)22(26-21(15)20)17-9-10-19(14(3)4)25-23(17)29-6/h9-12,14,16H,7-8,13H2,1-6H3/t16-/m0/s1. The van der Waals surface area contributed by atoms with Gasteiger partial charge in [-0.25, -0.2) is 9.97 Å².